The Balaban J connectivity index is 1.84. The summed E-state index contributed by atoms with van der Waals surface area (Å²) < 4.78 is 5.60. The Labute approximate surface area is 110 Å². The van der Waals surface area contributed by atoms with Crippen molar-refractivity contribution >= 4 is 5.91 Å². The van der Waals surface area contributed by atoms with Gasteiger partial charge in [-0.3, -0.25) is 4.79 Å². The van der Waals surface area contributed by atoms with E-state index in [4.69, 9.17) is 4.74 Å². The molecule has 4 nitrogen and oxygen atoms in total. The lowest BCUT2D eigenvalue weighted by Crippen LogP contribution is -2.49. The number of rotatable bonds is 4. The van der Waals surface area contributed by atoms with Gasteiger partial charge in [-0.05, 0) is 45.6 Å². The minimum Gasteiger partial charge on any atom is -0.368 e. The fourth-order valence-corrected chi connectivity index (χ4v) is 2.86. The molecule has 0 aromatic rings. The molecule has 0 aromatic carbocycles. The van der Waals surface area contributed by atoms with Crippen LogP contribution in [0.1, 0.15) is 45.4 Å². The van der Waals surface area contributed by atoms with E-state index in [-0.39, 0.29) is 12.0 Å². The summed E-state index contributed by atoms with van der Waals surface area (Å²) in [6, 6.07) is 0.478. The first-order valence-corrected chi connectivity index (χ1v) is 7.45. The molecule has 0 bridgehead atoms. The van der Waals surface area contributed by atoms with Gasteiger partial charge in [-0.25, -0.2) is 0 Å². The van der Waals surface area contributed by atoms with Crippen LogP contribution in [0.3, 0.4) is 0 Å². The fourth-order valence-electron chi connectivity index (χ4n) is 2.86. The second-order valence-electron chi connectivity index (χ2n) is 5.38. The van der Waals surface area contributed by atoms with Gasteiger partial charge in [0.05, 0.1) is 0 Å². The average molecular weight is 254 g/mol. The quantitative estimate of drug-likeness (QED) is 0.827. The average Bonchev–Trinajstić information content (AvgIpc) is 2.46. The zero-order valence-corrected chi connectivity index (χ0v) is 11.5. The van der Waals surface area contributed by atoms with Crippen molar-refractivity contribution in [1.82, 2.24) is 10.2 Å². The van der Waals surface area contributed by atoms with Gasteiger partial charge in [0.2, 0.25) is 0 Å². The third kappa shape index (κ3) is 3.69. The number of piperidine rings is 1. The smallest absolute Gasteiger partial charge is 0.251 e. The molecule has 18 heavy (non-hydrogen) atoms. The van der Waals surface area contributed by atoms with Gasteiger partial charge in [-0.1, -0.05) is 6.42 Å². The Hall–Kier alpha value is -0.610. The molecule has 2 fully saturated rings. The largest absolute Gasteiger partial charge is 0.368 e. The zero-order valence-electron chi connectivity index (χ0n) is 11.5. The monoisotopic (exact) mass is 254 g/mol. The van der Waals surface area contributed by atoms with Crippen LogP contribution in [-0.4, -0.2) is 49.2 Å². The summed E-state index contributed by atoms with van der Waals surface area (Å²) >= 11 is 0. The van der Waals surface area contributed by atoms with Gasteiger partial charge in [0.1, 0.15) is 6.10 Å². The molecule has 0 saturated carbocycles. The number of nitrogens with zero attached hydrogens (tertiary/aromatic N) is 1. The topological polar surface area (TPSA) is 41.6 Å². The molecule has 0 aromatic heterocycles. The summed E-state index contributed by atoms with van der Waals surface area (Å²) in [5.74, 6) is 0.199. The van der Waals surface area contributed by atoms with Crippen LogP contribution in [-0.2, 0) is 9.53 Å². The van der Waals surface area contributed by atoms with Crippen molar-refractivity contribution in [2.45, 2.75) is 57.6 Å². The molecule has 104 valence electrons. The van der Waals surface area contributed by atoms with Crippen molar-refractivity contribution < 1.29 is 9.53 Å². The first kappa shape index (κ1) is 13.8. The second-order valence-corrected chi connectivity index (χ2v) is 5.38. The lowest BCUT2D eigenvalue weighted by Gasteiger charge is -2.33. The fraction of sp³-hybridized carbons (Fsp3) is 0.929. The number of ether oxygens (including phenoxy) is 1. The van der Waals surface area contributed by atoms with Crippen LogP contribution in [0.5, 0.6) is 0 Å². The third-order valence-corrected chi connectivity index (χ3v) is 4.00. The van der Waals surface area contributed by atoms with Crippen molar-refractivity contribution in [1.29, 1.82) is 0 Å². The Morgan fingerprint density at radius 3 is 2.72 bits per heavy atom. The summed E-state index contributed by atoms with van der Waals surface area (Å²) in [4.78, 5) is 14.3. The van der Waals surface area contributed by atoms with Gasteiger partial charge < -0.3 is 15.0 Å². The van der Waals surface area contributed by atoms with Crippen molar-refractivity contribution in [2.24, 2.45) is 0 Å². The molecule has 2 unspecified atom stereocenters. The van der Waals surface area contributed by atoms with Crippen LogP contribution < -0.4 is 5.32 Å². The van der Waals surface area contributed by atoms with Gasteiger partial charge in [0.15, 0.2) is 0 Å². The van der Waals surface area contributed by atoms with E-state index in [1.165, 1.54) is 19.3 Å². The Morgan fingerprint density at radius 2 is 2.11 bits per heavy atom. The van der Waals surface area contributed by atoms with Crippen LogP contribution >= 0.6 is 0 Å². The molecule has 0 radical (unpaired) electrons. The number of carbonyl (C=O) groups is 1. The number of nitrogens with one attached hydrogen (secondary N) is 1. The zero-order chi connectivity index (χ0) is 12.8. The first-order chi connectivity index (χ1) is 8.81. The number of hydrogen-bond acceptors (Lipinski definition) is 3. The molecule has 2 rings (SSSR count). The van der Waals surface area contributed by atoms with Crippen LogP contribution in [0.2, 0.25) is 0 Å². The van der Waals surface area contributed by atoms with Crippen LogP contribution in [0.15, 0.2) is 0 Å². The minimum absolute atomic E-state index is 0.178. The van der Waals surface area contributed by atoms with E-state index in [0.717, 1.165) is 45.5 Å². The van der Waals surface area contributed by atoms with Crippen molar-refractivity contribution in [2.75, 3.05) is 26.2 Å². The normalized spacial score (nSPS) is 28.9. The summed E-state index contributed by atoms with van der Waals surface area (Å²) in [5.41, 5.74) is 0. The molecular formula is C14H26N2O2. The Bertz CT molecular complexity index is 259. The lowest BCUT2D eigenvalue weighted by atomic mass is 10.0. The maximum absolute atomic E-state index is 12.4. The van der Waals surface area contributed by atoms with E-state index < -0.39 is 0 Å². The predicted octanol–water partition coefficient (Wildman–Crippen LogP) is 1.55. The number of likely N-dealkylation sites (N-methyl/N-ethyl adjacent to an activating group) is 1. The Kier molecular flexibility index (Phi) is 5.45. The van der Waals surface area contributed by atoms with Gasteiger partial charge in [0, 0.05) is 25.7 Å². The standard InChI is InChI=1S/C14H26N2O2/c1-2-16(11-12-7-3-5-9-15-12)14(17)13-8-4-6-10-18-13/h12-13,15H,2-11H2,1H3. The van der Waals surface area contributed by atoms with Gasteiger partial charge in [-0.15, -0.1) is 0 Å². The summed E-state index contributed by atoms with van der Waals surface area (Å²) in [7, 11) is 0. The van der Waals surface area contributed by atoms with Crippen LogP contribution in [0.4, 0.5) is 0 Å². The number of hydrogen-bond donors (Lipinski definition) is 1. The van der Waals surface area contributed by atoms with Crippen molar-refractivity contribution in [3.8, 4) is 0 Å². The molecule has 2 aliphatic rings. The van der Waals surface area contributed by atoms with Crippen LogP contribution in [0, 0.1) is 0 Å². The van der Waals surface area contributed by atoms with E-state index in [2.05, 4.69) is 12.2 Å². The SMILES string of the molecule is CCN(CC1CCCCN1)C(=O)C1CCCCO1. The van der Waals surface area contributed by atoms with Gasteiger partial charge >= 0.3 is 0 Å². The highest BCUT2D eigenvalue weighted by Crippen LogP contribution is 2.16. The van der Waals surface area contributed by atoms with Crippen LogP contribution in [0.25, 0.3) is 0 Å². The molecule has 1 amide bonds. The molecule has 0 spiro atoms. The maximum Gasteiger partial charge on any atom is 0.251 e. The molecule has 2 saturated heterocycles. The Morgan fingerprint density at radius 1 is 1.28 bits per heavy atom. The molecule has 0 aliphatic carbocycles. The summed E-state index contributed by atoms with van der Waals surface area (Å²) in [6.07, 6.45) is 6.67. The molecule has 2 aliphatic heterocycles. The van der Waals surface area contributed by atoms with Crippen molar-refractivity contribution in [3.05, 3.63) is 0 Å². The summed E-state index contributed by atoms with van der Waals surface area (Å²) in [6.45, 7) is 5.53. The van der Waals surface area contributed by atoms with E-state index in [0.29, 0.717) is 6.04 Å². The molecule has 1 N–H and O–H groups in total. The second kappa shape index (κ2) is 7.10. The molecule has 4 heteroatoms. The highest BCUT2D eigenvalue weighted by Gasteiger charge is 2.27. The number of carbonyl (C=O) groups excluding carboxylic acids is 1. The summed E-state index contributed by atoms with van der Waals surface area (Å²) in [5, 5.41) is 3.51. The molecule has 2 heterocycles. The number of amides is 1. The highest BCUT2D eigenvalue weighted by molar-refractivity contribution is 5.81. The maximum atomic E-state index is 12.4. The first-order valence-electron chi connectivity index (χ1n) is 7.45. The van der Waals surface area contributed by atoms with Crippen molar-refractivity contribution in [3.63, 3.8) is 0 Å². The van der Waals surface area contributed by atoms with E-state index in [1.807, 2.05) is 4.90 Å². The van der Waals surface area contributed by atoms with E-state index >= 15 is 0 Å². The third-order valence-electron chi connectivity index (χ3n) is 4.00. The molecule has 2 atom stereocenters. The minimum atomic E-state index is -0.178. The highest BCUT2D eigenvalue weighted by atomic mass is 16.5. The lowest BCUT2D eigenvalue weighted by molar-refractivity contribution is -0.146. The van der Waals surface area contributed by atoms with Gasteiger partial charge in [-0.2, -0.15) is 0 Å². The predicted molar refractivity (Wildman–Crippen MR) is 71.5 cm³/mol. The van der Waals surface area contributed by atoms with Gasteiger partial charge in [0.25, 0.3) is 5.91 Å². The van der Waals surface area contributed by atoms with E-state index in [9.17, 15) is 4.79 Å². The van der Waals surface area contributed by atoms with E-state index in [1.54, 1.807) is 0 Å². The molecular weight excluding hydrogens is 228 g/mol.